The van der Waals surface area contributed by atoms with Gasteiger partial charge in [-0.1, -0.05) is 29.8 Å². The third-order valence-electron chi connectivity index (χ3n) is 2.74. The number of hydrogen-bond donors (Lipinski definition) is 1. The van der Waals surface area contributed by atoms with Crippen LogP contribution in [0.25, 0.3) is 6.08 Å². The number of nitrogens with zero attached hydrogens (tertiary/aromatic N) is 1. The summed E-state index contributed by atoms with van der Waals surface area (Å²) in [6.45, 7) is 0. The highest BCUT2D eigenvalue weighted by atomic mass is 35.5. The number of amides is 1. The minimum absolute atomic E-state index is 0.199. The smallest absolute Gasteiger partial charge is 0.266 e. The first kappa shape index (κ1) is 15.7. The number of carbonyl (C=O) groups is 1. The van der Waals surface area contributed by atoms with E-state index in [1.54, 1.807) is 30.3 Å². The number of hydrogen-bond acceptors (Lipinski definition) is 2. The lowest BCUT2D eigenvalue weighted by Gasteiger charge is -2.06. The van der Waals surface area contributed by atoms with E-state index in [1.807, 2.05) is 0 Å². The van der Waals surface area contributed by atoms with Crippen molar-refractivity contribution < 1.29 is 13.6 Å². The van der Waals surface area contributed by atoms with Crippen molar-refractivity contribution in [1.29, 1.82) is 5.26 Å². The van der Waals surface area contributed by atoms with E-state index in [0.717, 1.165) is 18.2 Å². The van der Waals surface area contributed by atoms with Crippen LogP contribution in [0.5, 0.6) is 0 Å². The molecule has 1 amide bonds. The van der Waals surface area contributed by atoms with Crippen molar-refractivity contribution in [2.45, 2.75) is 0 Å². The summed E-state index contributed by atoms with van der Waals surface area (Å²) in [6, 6.07) is 11.3. The lowest BCUT2D eigenvalue weighted by Crippen LogP contribution is -2.13. The van der Waals surface area contributed by atoms with Crippen LogP contribution in [0.1, 0.15) is 5.56 Å². The summed E-state index contributed by atoms with van der Waals surface area (Å²) in [7, 11) is 0. The molecule has 0 atom stereocenters. The Hall–Kier alpha value is -2.71. The predicted molar refractivity (Wildman–Crippen MR) is 80.0 cm³/mol. The second-order valence-electron chi connectivity index (χ2n) is 4.28. The molecule has 0 radical (unpaired) electrons. The van der Waals surface area contributed by atoms with Gasteiger partial charge in [-0.2, -0.15) is 5.26 Å². The Labute approximate surface area is 130 Å². The van der Waals surface area contributed by atoms with Crippen LogP contribution in [-0.2, 0) is 4.79 Å². The fourth-order valence-corrected chi connectivity index (χ4v) is 1.85. The maximum absolute atomic E-state index is 13.1. The number of carbonyl (C=O) groups excluding carboxylic acids is 1. The summed E-state index contributed by atoms with van der Waals surface area (Å²) >= 11 is 5.91. The quantitative estimate of drug-likeness (QED) is 0.682. The van der Waals surface area contributed by atoms with Crippen LogP contribution < -0.4 is 5.32 Å². The van der Waals surface area contributed by atoms with Gasteiger partial charge in [0.2, 0.25) is 0 Å². The van der Waals surface area contributed by atoms with E-state index in [9.17, 15) is 13.6 Å². The van der Waals surface area contributed by atoms with Gasteiger partial charge in [-0.25, -0.2) is 8.78 Å². The van der Waals surface area contributed by atoms with Crippen molar-refractivity contribution >= 4 is 29.3 Å². The third-order valence-corrected chi connectivity index (χ3v) is 3.07. The van der Waals surface area contributed by atoms with Crippen molar-refractivity contribution in [2.75, 3.05) is 5.32 Å². The molecule has 0 saturated carbocycles. The summed E-state index contributed by atoms with van der Waals surface area (Å²) in [5.74, 6) is -2.76. The maximum Gasteiger partial charge on any atom is 0.266 e. The van der Waals surface area contributed by atoms with Gasteiger partial charge in [0, 0.05) is 0 Å². The molecule has 110 valence electrons. The fourth-order valence-electron chi connectivity index (χ4n) is 1.67. The molecule has 0 aliphatic heterocycles. The fraction of sp³-hybridized carbons (Fsp3) is 0. The Morgan fingerprint density at radius 3 is 2.55 bits per heavy atom. The van der Waals surface area contributed by atoms with E-state index in [2.05, 4.69) is 5.32 Å². The van der Waals surface area contributed by atoms with Gasteiger partial charge in [0.1, 0.15) is 11.6 Å². The average molecular weight is 319 g/mol. The molecule has 0 aliphatic rings. The molecular weight excluding hydrogens is 310 g/mol. The van der Waals surface area contributed by atoms with Crippen molar-refractivity contribution in [3.8, 4) is 6.07 Å². The number of benzene rings is 2. The Balaban J connectivity index is 2.26. The van der Waals surface area contributed by atoms with Crippen LogP contribution in [0.3, 0.4) is 0 Å². The van der Waals surface area contributed by atoms with E-state index in [-0.39, 0.29) is 11.1 Å². The van der Waals surface area contributed by atoms with Gasteiger partial charge in [0.25, 0.3) is 5.91 Å². The van der Waals surface area contributed by atoms with E-state index < -0.39 is 17.5 Å². The number of halogens is 3. The standard InChI is InChI=1S/C16H9ClF2N2O/c17-12-3-1-2-4-15(12)21-16(22)11(9-20)7-10-5-6-13(18)14(19)8-10/h1-8H,(H,21,22)/b11-7-. The molecule has 0 aromatic heterocycles. The molecule has 0 unspecified atom stereocenters. The van der Waals surface area contributed by atoms with Gasteiger partial charge >= 0.3 is 0 Å². The second kappa shape index (κ2) is 6.83. The Morgan fingerprint density at radius 2 is 1.91 bits per heavy atom. The highest BCUT2D eigenvalue weighted by Crippen LogP contribution is 2.21. The van der Waals surface area contributed by atoms with Crippen molar-refractivity contribution in [2.24, 2.45) is 0 Å². The highest BCUT2D eigenvalue weighted by Gasteiger charge is 2.11. The van der Waals surface area contributed by atoms with Gasteiger partial charge in [-0.05, 0) is 35.9 Å². The van der Waals surface area contributed by atoms with Crippen LogP contribution in [0.4, 0.5) is 14.5 Å². The molecule has 0 saturated heterocycles. The summed E-state index contributed by atoms with van der Waals surface area (Å²) < 4.78 is 26.0. The monoisotopic (exact) mass is 318 g/mol. The Kier molecular flexibility index (Phi) is 4.87. The molecule has 0 heterocycles. The molecule has 1 N–H and O–H groups in total. The zero-order valence-corrected chi connectivity index (χ0v) is 11.9. The lowest BCUT2D eigenvalue weighted by molar-refractivity contribution is -0.112. The van der Waals surface area contributed by atoms with E-state index in [4.69, 9.17) is 16.9 Å². The SMILES string of the molecule is N#C/C(=C/c1ccc(F)c(F)c1)C(=O)Nc1ccccc1Cl. The molecule has 0 aliphatic carbocycles. The summed E-state index contributed by atoms with van der Waals surface area (Å²) in [4.78, 5) is 12.0. The van der Waals surface area contributed by atoms with Crippen molar-refractivity contribution in [3.05, 3.63) is 70.3 Å². The van der Waals surface area contributed by atoms with Gasteiger partial charge in [-0.15, -0.1) is 0 Å². The van der Waals surface area contributed by atoms with Gasteiger partial charge < -0.3 is 5.32 Å². The minimum Gasteiger partial charge on any atom is -0.320 e. The van der Waals surface area contributed by atoms with E-state index in [0.29, 0.717) is 10.7 Å². The molecule has 6 heteroatoms. The number of nitrogens with one attached hydrogen (secondary N) is 1. The number of anilines is 1. The van der Waals surface area contributed by atoms with Gasteiger partial charge in [-0.3, -0.25) is 4.79 Å². The molecule has 2 aromatic rings. The Bertz CT molecular complexity index is 797. The third kappa shape index (κ3) is 3.68. The van der Waals surface area contributed by atoms with Crippen molar-refractivity contribution in [3.63, 3.8) is 0 Å². The first-order chi connectivity index (χ1) is 10.5. The molecule has 0 bridgehead atoms. The molecule has 2 rings (SSSR count). The van der Waals surface area contributed by atoms with E-state index in [1.165, 1.54) is 6.07 Å². The molecular formula is C16H9ClF2N2O. The molecule has 2 aromatic carbocycles. The van der Waals surface area contributed by atoms with Crippen LogP contribution in [-0.4, -0.2) is 5.91 Å². The molecule has 0 fully saturated rings. The van der Waals surface area contributed by atoms with Crippen LogP contribution >= 0.6 is 11.6 Å². The summed E-state index contributed by atoms with van der Waals surface area (Å²) in [6.07, 6.45) is 1.16. The number of nitriles is 1. The first-order valence-corrected chi connectivity index (χ1v) is 6.52. The Morgan fingerprint density at radius 1 is 1.18 bits per heavy atom. The number of para-hydroxylation sites is 1. The molecule has 22 heavy (non-hydrogen) atoms. The largest absolute Gasteiger partial charge is 0.320 e. The van der Waals surface area contributed by atoms with Gasteiger partial charge in [0.15, 0.2) is 11.6 Å². The van der Waals surface area contributed by atoms with Crippen LogP contribution in [0.15, 0.2) is 48.0 Å². The summed E-state index contributed by atoms with van der Waals surface area (Å²) in [5, 5.41) is 11.8. The van der Waals surface area contributed by atoms with Crippen LogP contribution in [0, 0.1) is 23.0 Å². The first-order valence-electron chi connectivity index (χ1n) is 6.14. The van der Waals surface area contributed by atoms with Crippen LogP contribution in [0.2, 0.25) is 5.02 Å². The second-order valence-corrected chi connectivity index (χ2v) is 4.68. The minimum atomic E-state index is -1.06. The lowest BCUT2D eigenvalue weighted by atomic mass is 10.1. The zero-order chi connectivity index (χ0) is 16.1. The molecule has 0 spiro atoms. The summed E-state index contributed by atoms with van der Waals surface area (Å²) in [5.41, 5.74) is 0.288. The van der Waals surface area contributed by atoms with Gasteiger partial charge in [0.05, 0.1) is 10.7 Å². The topological polar surface area (TPSA) is 52.9 Å². The van der Waals surface area contributed by atoms with E-state index >= 15 is 0 Å². The highest BCUT2D eigenvalue weighted by molar-refractivity contribution is 6.34. The normalized spacial score (nSPS) is 10.9. The van der Waals surface area contributed by atoms with Crippen molar-refractivity contribution in [1.82, 2.24) is 0 Å². The average Bonchev–Trinajstić information content (AvgIpc) is 2.50. The zero-order valence-electron chi connectivity index (χ0n) is 11.1. The molecule has 3 nitrogen and oxygen atoms in total. The number of rotatable bonds is 3. The predicted octanol–water partition coefficient (Wildman–Crippen LogP) is 4.16. The maximum atomic E-state index is 13.1.